The van der Waals surface area contributed by atoms with Crippen LogP contribution >= 0.6 is 11.6 Å². The predicted molar refractivity (Wildman–Crippen MR) is 108 cm³/mol. The van der Waals surface area contributed by atoms with Crippen molar-refractivity contribution in [2.45, 2.75) is 20.8 Å². The van der Waals surface area contributed by atoms with E-state index in [4.69, 9.17) is 21.1 Å². The number of ether oxygens (including phenoxy) is 2. The van der Waals surface area contributed by atoms with E-state index in [1.165, 1.54) is 0 Å². The minimum atomic E-state index is -0.128. The molecule has 6 nitrogen and oxygen atoms in total. The Labute approximate surface area is 168 Å². The number of amides is 1. The van der Waals surface area contributed by atoms with Crippen molar-refractivity contribution in [1.29, 1.82) is 0 Å². The number of halogens is 1. The molecule has 1 amide bonds. The lowest BCUT2D eigenvalue weighted by Crippen LogP contribution is -2.27. The molecule has 7 heteroatoms. The van der Waals surface area contributed by atoms with E-state index < -0.39 is 0 Å². The van der Waals surface area contributed by atoms with Crippen LogP contribution < -0.4 is 14.4 Å². The number of aromatic nitrogens is 2. The van der Waals surface area contributed by atoms with Crippen molar-refractivity contribution >= 4 is 23.2 Å². The Morgan fingerprint density at radius 3 is 2.54 bits per heavy atom. The Kier molecular flexibility index (Phi) is 4.51. The largest absolute Gasteiger partial charge is 0.454 e. The summed E-state index contributed by atoms with van der Waals surface area (Å²) < 4.78 is 12.6. The summed E-state index contributed by atoms with van der Waals surface area (Å²) in [4.78, 5) is 14.8. The molecule has 0 N–H and O–H groups in total. The third-order valence-electron chi connectivity index (χ3n) is 4.90. The fraction of sp³-hybridized carbons (Fsp3) is 0.238. The monoisotopic (exact) mass is 397 g/mol. The molecule has 0 atom stereocenters. The molecule has 0 spiro atoms. The number of benzene rings is 2. The topological polar surface area (TPSA) is 56.6 Å². The van der Waals surface area contributed by atoms with E-state index in [0.29, 0.717) is 22.1 Å². The molecule has 3 aromatic rings. The maximum absolute atomic E-state index is 13.1. The SMILES string of the molecule is Cc1cc2c(cc1N(C)C(=O)c1cccc(-n3nc(C)c(Cl)c3C)c1)OCO2. The van der Waals surface area contributed by atoms with Gasteiger partial charge in [0.1, 0.15) is 0 Å². The molecule has 0 bridgehead atoms. The molecule has 0 saturated heterocycles. The van der Waals surface area contributed by atoms with E-state index in [9.17, 15) is 4.79 Å². The lowest BCUT2D eigenvalue weighted by molar-refractivity contribution is 0.0993. The zero-order valence-corrected chi connectivity index (χ0v) is 16.9. The first-order valence-electron chi connectivity index (χ1n) is 8.87. The Bertz CT molecular complexity index is 1090. The zero-order valence-electron chi connectivity index (χ0n) is 16.1. The molecule has 2 heterocycles. The van der Waals surface area contributed by atoms with E-state index in [-0.39, 0.29) is 12.7 Å². The number of anilines is 1. The predicted octanol–water partition coefficient (Wildman–Crippen LogP) is 4.46. The number of carbonyl (C=O) groups excluding carboxylic acids is 1. The molecule has 28 heavy (non-hydrogen) atoms. The number of hydrogen-bond donors (Lipinski definition) is 0. The van der Waals surface area contributed by atoms with Gasteiger partial charge in [0.05, 0.1) is 27.8 Å². The maximum Gasteiger partial charge on any atom is 0.258 e. The summed E-state index contributed by atoms with van der Waals surface area (Å²) in [6.07, 6.45) is 0. The van der Waals surface area contributed by atoms with Gasteiger partial charge in [0.15, 0.2) is 11.5 Å². The third kappa shape index (κ3) is 2.99. The summed E-state index contributed by atoms with van der Waals surface area (Å²) in [6.45, 7) is 5.90. The smallest absolute Gasteiger partial charge is 0.258 e. The van der Waals surface area contributed by atoms with Gasteiger partial charge in [-0.05, 0) is 50.6 Å². The first kappa shape index (κ1) is 18.4. The average molecular weight is 398 g/mol. The Morgan fingerprint density at radius 2 is 1.86 bits per heavy atom. The van der Waals surface area contributed by atoms with Crippen LogP contribution in [0, 0.1) is 20.8 Å². The van der Waals surface area contributed by atoms with Gasteiger partial charge in [-0.25, -0.2) is 4.68 Å². The van der Waals surface area contributed by atoms with Crippen LogP contribution in [0.5, 0.6) is 11.5 Å². The van der Waals surface area contributed by atoms with Crippen LogP contribution in [0.1, 0.15) is 27.3 Å². The Balaban J connectivity index is 1.68. The lowest BCUT2D eigenvalue weighted by Gasteiger charge is -2.20. The summed E-state index contributed by atoms with van der Waals surface area (Å²) in [6, 6.07) is 11.1. The number of fused-ring (bicyclic) bond motifs is 1. The average Bonchev–Trinajstić information content (AvgIpc) is 3.25. The first-order valence-corrected chi connectivity index (χ1v) is 9.25. The van der Waals surface area contributed by atoms with Crippen molar-refractivity contribution in [2.75, 3.05) is 18.7 Å². The van der Waals surface area contributed by atoms with E-state index >= 15 is 0 Å². The van der Waals surface area contributed by atoms with Gasteiger partial charge in [-0.3, -0.25) is 4.79 Å². The molecule has 144 valence electrons. The quantitative estimate of drug-likeness (QED) is 0.654. The van der Waals surface area contributed by atoms with Crippen molar-refractivity contribution < 1.29 is 14.3 Å². The minimum Gasteiger partial charge on any atom is -0.454 e. The second kappa shape index (κ2) is 6.87. The molecule has 1 aliphatic heterocycles. The van der Waals surface area contributed by atoms with Gasteiger partial charge in [0.25, 0.3) is 5.91 Å². The summed E-state index contributed by atoms with van der Waals surface area (Å²) >= 11 is 6.26. The summed E-state index contributed by atoms with van der Waals surface area (Å²) in [5, 5.41) is 5.10. The Morgan fingerprint density at radius 1 is 1.14 bits per heavy atom. The van der Waals surface area contributed by atoms with Crippen molar-refractivity contribution in [3.8, 4) is 17.2 Å². The van der Waals surface area contributed by atoms with E-state index in [1.807, 2.05) is 51.1 Å². The number of hydrogen-bond acceptors (Lipinski definition) is 4. The van der Waals surface area contributed by atoms with Crippen LogP contribution in [0.15, 0.2) is 36.4 Å². The second-order valence-corrected chi connectivity index (χ2v) is 7.18. The van der Waals surface area contributed by atoms with Crippen LogP contribution in [0.3, 0.4) is 0 Å². The van der Waals surface area contributed by atoms with Gasteiger partial charge >= 0.3 is 0 Å². The van der Waals surface area contributed by atoms with Crippen LogP contribution in [0.4, 0.5) is 5.69 Å². The van der Waals surface area contributed by atoms with Crippen LogP contribution in [0.2, 0.25) is 5.02 Å². The number of aryl methyl sites for hydroxylation is 2. The molecule has 0 aliphatic carbocycles. The second-order valence-electron chi connectivity index (χ2n) is 6.80. The van der Waals surface area contributed by atoms with Crippen molar-refractivity contribution in [3.05, 3.63) is 63.9 Å². The Hall–Kier alpha value is -2.99. The van der Waals surface area contributed by atoms with E-state index in [2.05, 4.69) is 5.10 Å². The summed E-state index contributed by atoms with van der Waals surface area (Å²) in [5.41, 5.74) is 4.64. The lowest BCUT2D eigenvalue weighted by atomic mass is 10.1. The van der Waals surface area contributed by atoms with Gasteiger partial charge in [-0.15, -0.1) is 0 Å². The third-order valence-corrected chi connectivity index (χ3v) is 5.44. The first-order chi connectivity index (χ1) is 13.4. The highest BCUT2D eigenvalue weighted by atomic mass is 35.5. The van der Waals surface area contributed by atoms with Gasteiger partial charge in [-0.2, -0.15) is 5.10 Å². The number of rotatable bonds is 3. The fourth-order valence-corrected chi connectivity index (χ4v) is 3.46. The van der Waals surface area contributed by atoms with Gasteiger partial charge in [-0.1, -0.05) is 17.7 Å². The minimum absolute atomic E-state index is 0.128. The van der Waals surface area contributed by atoms with E-state index in [1.54, 1.807) is 22.7 Å². The zero-order chi connectivity index (χ0) is 20.0. The number of carbonyl (C=O) groups is 1. The highest BCUT2D eigenvalue weighted by Gasteiger charge is 2.21. The molecule has 2 aromatic carbocycles. The van der Waals surface area contributed by atoms with Crippen LogP contribution in [-0.2, 0) is 0 Å². The molecule has 4 rings (SSSR count). The van der Waals surface area contributed by atoms with Crippen LogP contribution in [0.25, 0.3) is 5.69 Å². The summed E-state index contributed by atoms with van der Waals surface area (Å²) in [7, 11) is 1.75. The molecule has 0 radical (unpaired) electrons. The van der Waals surface area contributed by atoms with Crippen molar-refractivity contribution in [2.24, 2.45) is 0 Å². The number of nitrogens with zero attached hydrogens (tertiary/aromatic N) is 3. The highest BCUT2D eigenvalue weighted by Crippen LogP contribution is 2.38. The van der Waals surface area contributed by atoms with Gasteiger partial charge in [0, 0.05) is 18.7 Å². The van der Waals surface area contributed by atoms with Gasteiger partial charge < -0.3 is 14.4 Å². The van der Waals surface area contributed by atoms with Crippen LogP contribution in [-0.4, -0.2) is 29.5 Å². The fourth-order valence-electron chi connectivity index (χ4n) is 3.34. The summed E-state index contributed by atoms with van der Waals surface area (Å²) in [5.74, 6) is 1.22. The molecule has 0 saturated carbocycles. The molecular formula is C21H20ClN3O3. The van der Waals surface area contributed by atoms with Gasteiger partial charge in [0.2, 0.25) is 6.79 Å². The molecule has 1 aliphatic rings. The van der Waals surface area contributed by atoms with Crippen molar-refractivity contribution in [1.82, 2.24) is 9.78 Å². The molecular weight excluding hydrogens is 378 g/mol. The standard InChI is InChI=1S/C21H20ClN3O3/c1-12-8-18-19(28-11-27-18)10-17(12)24(4)21(26)15-6-5-7-16(9-15)25-14(3)20(22)13(2)23-25/h5-10H,11H2,1-4H3. The maximum atomic E-state index is 13.1. The van der Waals surface area contributed by atoms with E-state index in [0.717, 1.165) is 28.3 Å². The molecule has 1 aromatic heterocycles. The normalized spacial score (nSPS) is 12.3. The highest BCUT2D eigenvalue weighted by molar-refractivity contribution is 6.31. The van der Waals surface area contributed by atoms with Crippen molar-refractivity contribution in [3.63, 3.8) is 0 Å². The molecule has 0 unspecified atom stereocenters. The molecule has 0 fully saturated rings.